The van der Waals surface area contributed by atoms with Gasteiger partial charge in [-0.15, -0.1) is 0 Å². The van der Waals surface area contributed by atoms with Crippen molar-refractivity contribution >= 4 is 11.6 Å². The monoisotopic (exact) mass is 222 g/mol. The van der Waals surface area contributed by atoms with E-state index in [0.29, 0.717) is 23.0 Å². The van der Waals surface area contributed by atoms with Crippen LogP contribution >= 0.6 is 11.6 Å². The molecular weight excluding hydrogens is 208 g/mol. The number of rotatable bonds is 1. The van der Waals surface area contributed by atoms with Crippen molar-refractivity contribution in [3.05, 3.63) is 29.0 Å². The molecule has 0 amide bonds. The molecule has 0 saturated heterocycles. The van der Waals surface area contributed by atoms with Gasteiger partial charge in [-0.2, -0.15) is 0 Å². The highest BCUT2D eigenvalue weighted by molar-refractivity contribution is 6.29. The first-order valence-electron chi connectivity index (χ1n) is 5.63. The number of nitrogens with two attached hydrogens (primary N) is 1. The Bertz CT molecular complexity index is 362. The summed E-state index contributed by atoms with van der Waals surface area (Å²) in [6.45, 7) is 0. The molecule has 80 valence electrons. The third-order valence-electron chi connectivity index (χ3n) is 4.16. The highest BCUT2D eigenvalue weighted by Gasteiger charge is 2.46. The zero-order valence-electron chi connectivity index (χ0n) is 8.57. The summed E-state index contributed by atoms with van der Waals surface area (Å²) in [5.41, 5.74) is 7.52. The summed E-state index contributed by atoms with van der Waals surface area (Å²) in [5.74, 6) is 2.05. The summed E-state index contributed by atoms with van der Waals surface area (Å²) in [5, 5.41) is 0.575. The van der Waals surface area contributed by atoms with Crippen molar-refractivity contribution in [1.29, 1.82) is 0 Å². The van der Waals surface area contributed by atoms with Gasteiger partial charge in [0.2, 0.25) is 0 Å². The molecule has 0 spiro atoms. The third-order valence-corrected chi connectivity index (χ3v) is 4.39. The largest absolute Gasteiger partial charge is 0.327 e. The Hall–Kier alpha value is -0.600. The predicted molar refractivity (Wildman–Crippen MR) is 60.8 cm³/mol. The fourth-order valence-electron chi connectivity index (χ4n) is 3.38. The highest BCUT2D eigenvalue weighted by Crippen LogP contribution is 2.51. The zero-order valence-corrected chi connectivity index (χ0v) is 9.32. The second kappa shape index (κ2) is 3.46. The van der Waals surface area contributed by atoms with Crippen LogP contribution in [0.2, 0.25) is 5.15 Å². The van der Waals surface area contributed by atoms with E-state index in [9.17, 15) is 0 Å². The summed E-state index contributed by atoms with van der Waals surface area (Å²) in [6, 6.07) is 4.41. The molecule has 2 nitrogen and oxygen atoms in total. The Labute approximate surface area is 94.8 Å². The molecule has 3 heteroatoms. The first kappa shape index (κ1) is 9.61. The lowest BCUT2D eigenvalue weighted by atomic mass is 9.84. The molecule has 0 aromatic carbocycles. The summed E-state index contributed by atoms with van der Waals surface area (Å²) in [4.78, 5) is 4.16. The molecule has 3 rings (SSSR count). The maximum atomic E-state index is 6.20. The lowest BCUT2D eigenvalue weighted by Crippen LogP contribution is -2.25. The average molecular weight is 223 g/mol. The maximum Gasteiger partial charge on any atom is 0.129 e. The SMILES string of the molecule is N[C@@H]1C2CCC1[C@@H](c1ccc(Cl)nc1)C2. The normalized spacial score (nSPS) is 38.5. The van der Waals surface area contributed by atoms with E-state index < -0.39 is 0 Å². The van der Waals surface area contributed by atoms with Crippen molar-refractivity contribution in [2.75, 3.05) is 0 Å². The van der Waals surface area contributed by atoms with Gasteiger partial charge in [-0.3, -0.25) is 0 Å². The molecule has 2 saturated carbocycles. The van der Waals surface area contributed by atoms with Crippen LogP contribution in [-0.2, 0) is 0 Å². The van der Waals surface area contributed by atoms with Crippen LogP contribution in [0.1, 0.15) is 30.7 Å². The predicted octanol–water partition coefficient (Wildman–Crippen LogP) is 2.58. The zero-order chi connectivity index (χ0) is 10.4. The van der Waals surface area contributed by atoms with Crippen molar-refractivity contribution < 1.29 is 0 Å². The number of fused-ring (bicyclic) bond motifs is 2. The summed E-state index contributed by atoms with van der Waals surface area (Å²) >= 11 is 5.79. The molecule has 1 heterocycles. The number of pyridine rings is 1. The second-order valence-corrected chi connectivity index (χ2v) is 5.22. The Balaban J connectivity index is 1.87. The molecule has 2 aliphatic rings. The summed E-state index contributed by atoms with van der Waals surface area (Å²) in [6.07, 6.45) is 5.78. The fraction of sp³-hybridized carbons (Fsp3) is 0.583. The lowest BCUT2D eigenvalue weighted by Gasteiger charge is -2.21. The van der Waals surface area contributed by atoms with E-state index >= 15 is 0 Å². The van der Waals surface area contributed by atoms with Gasteiger partial charge >= 0.3 is 0 Å². The fourth-order valence-corrected chi connectivity index (χ4v) is 3.49. The molecule has 0 radical (unpaired) electrons. The van der Waals surface area contributed by atoms with Gasteiger partial charge in [0.15, 0.2) is 0 Å². The number of hydrogen-bond acceptors (Lipinski definition) is 2. The number of halogens is 1. The average Bonchev–Trinajstić information content (AvgIpc) is 2.75. The first-order chi connectivity index (χ1) is 7.25. The van der Waals surface area contributed by atoms with Crippen molar-refractivity contribution in [3.8, 4) is 0 Å². The summed E-state index contributed by atoms with van der Waals surface area (Å²) < 4.78 is 0. The number of aromatic nitrogens is 1. The van der Waals surface area contributed by atoms with Gasteiger partial charge in [0.05, 0.1) is 0 Å². The summed E-state index contributed by atoms with van der Waals surface area (Å²) in [7, 11) is 0. The Kier molecular flexibility index (Phi) is 2.22. The lowest BCUT2D eigenvalue weighted by molar-refractivity contribution is 0.417. The molecule has 2 fully saturated rings. The molecule has 1 aromatic rings. The number of nitrogens with zero attached hydrogens (tertiary/aromatic N) is 1. The minimum absolute atomic E-state index is 0.422. The van der Waals surface area contributed by atoms with E-state index in [1.165, 1.54) is 24.8 Å². The van der Waals surface area contributed by atoms with Gasteiger partial charge in [-0.1, -0.05) is 17.7 Å². The third kappa shape index (κ3) is 1.47. The minimum Gasteiger partial charge on any atom is -0.327 e. The minimum atomic E-state index is 0.422. The van der Waals surface area contributed by atoms with Crippen LogP contribution in [-0.4, -0.2) is 11.0 Å². The second-order valence-electron chi connectivity index (χ2n) is 4.84. The molecular formula is C12H15ClN2. The van der Waals surface area contributed by atoms with Gasteiger partial charge in [-0.05, 0) is 48.6 Å². The molecule has 1 aromatic heterocycles. The molecule has 2 N–H and O–H groups in total. The first-order valence-corrected chi connectivity index (χ1v) is 6.00. The maximum absolute atomic E-state index is 6.20. The van der Waals surface area contributed by atoms with Crippen molar-refractivity contribution in [2.45, 2.75) is 31.2 Å². The van der Waals surface area contributed by atoms with E-state index in [0.717, 1.165) is 5.92 Å². The van der Waals surface area contributed by atoms with E-state index in [-0.39, 0.29) is 0 Å². The highest BCUT2D eigenvalue weighted by atomic mass is 35.5. The van der Waals surface area contributed by atoms with Gasteiger partial charge in [0.25, 0.3) is 0 Å². The van der Waals surface area contributed by atoms with Crippen LogP contribution in [0, 0.1) is 11.8 Å². The van der Waals surface area contributed by atoms with Gasteiger partial charge < -0.3 is 5.73 Å². The van der Waals surface area contributed by atoms with Gasteiger partial charge in [0.1, 0.15) is 5.15 Å². The van der Waals surface area contributed by atoms with Crippen LogP contribution in [0.4, 0.5) is 0 Å². The topological polar surface area (TPSA) is 38.9 Å². The van der Waals surface area contributed by atoms with Crippen molar-refractivity contribution in [3.63, 3.8) is 0 Å². The molecule has 2 unspecified atom stereocenters. The molecule has 0 aliphatic heterocycles. The van der Waals surface area contributed by atoms with E-state index in [1.54, 1.807) is 0 Å². The standard InChI is InChI=1S/C12H15ClN2/c13-11-4-2-8(6-15-11)10-5-7-1-3-9(10)12(7)14/h2,4,6-7,9-10,12H,1,3,5,14H2/t7?,9?,10-,12-/m1/s1. The van der Waals surface area contributed by atoms with Crippen LogP contribution in [0.15, 0.2) is 18.3 Å². The van der Waals surface area contributed by atoms with E-state index in [2.05, 4.69) is 11.1 Å². The van der Waals surface area contributed by atoms with Crippen LogP contribution in [0.5, 0.6) is 0 Å². The quantitative estimate of drug-likeness (QED) is 0.742. The molecule has 4 atom stereocenters. The molecule has 15 heavy (non-hydrogen) atoms. The van der Waals surface area contributed by atoms with Crippen LogP contribution in [0.25, 0.3) is 0 Å². The Morgan fingerprint density at radius 1 is 1.33 bits per heavy atom. The smallest absolute Gasteiger partial charge is 0.129 e. The Morgan fingerprint density at radius 3 is 2.73 bits per heavy atom. The van der Waals surface area contributed by atoms with Crippen LogP contribution in [0.3, 0.4) is 0 Å². The Morgan fingerprint density at radius 2 is 2.20 bits per heavy atom. The van der Waals surface area contributed by atoms with Gasteiger partial charge in [-0.25, -0.2) is 4.98 Å². The van der Waals surface area contributed by atoms with Crippen molar-refractivity contribution in [1.82, 2.24) is 4.98 Å². The molecule has 2 bridgehead atoms. The molecule has 2 aliphatic carbocycles. The van der Waals surface area contributed by atoms with Gasteiger partial charge in [0, 0.05) is 12.2 Å². The van der Waals surface area contributed by atoms with Crippen LogP contribution < -0.4 is 5.73 Å². The van der Waals surface area contributed by atoms with E-state index in [4.69, 9.17) is 17.3 Å². The van der Waals surface area contributed by atoms with Crippen molar-refractivity contribution in [2.24, 2.45) is 17.6 Å². The van der Waals surface area contributed by atoms with E-state index in [1.807, 2.05) is 12.3 Å². The number of hydrogen-bond donors (Lipinski definition) is 1.